The van der Waals surface area contributed by atoms with Gasteiger partial charge in [-0.1, -0.05) is 12.1 Å². The number of benzene rings is 1. The van der Waals surface area contributed by atoms with Crippen LogP contribution in [0.2, 0.25) is 0 Å². The number of morpholine rings is 1. The summed E-state index contributed by atoms with van der Waals surface area (Å²) in [5, 5.41) is 0. The van der Waals surface area contributed by atoms with E-state index in [2.05, 4.69) is 0 Å². The van der Waals surface area contributed by atoms with Crippen LogP contribution in [-0.4, -0.2) is 65.3 Å². The Bertz CT molecular complexity index is 647. The monoisotopic (exact) mass is 352 g/mol. The summed E-state index contributed by atoms with van der Waals surface area (Å²) >= 11 is 0. The fraction of sp³-hybridized carbons (Fsp3) is 0.571. The Hall–Kier alpha value is -1.32. The molecule has 1 heterocycles. The summed E-state index contributed by atoms with van der Waals surface area (Å²) in [6.07, 6.45) is -0.194. The molecule has 0 radical (unpaired) electrons. The van der Waals surface area contributed by atoms with Gasteiger partial charge in [-0.25, -0.2) is 8.42 Å². The third kappa shape index (κ3) is 3.96. The Balaban J connectivity index is 2.34. The van der Waals surface area contributed by atoms with Gasteiger partial charge in [-0.15, -0.1) is 0 Å². The summed E-state index contributed by atoms with van der Waals surface area (Å²) in [6, 6.07) is 5.21. The van der Waals surface area contributed by atoms with Crippen LogP contribution in [0.5, 0.6) is 0 Å². The summed E-state index contributed by atoms with van der Waals surface area (Å²) in [4.78, 5) is 2.83. The second kappa shape index (κ2) is 6.66. The molecule has 1 aromatic rings. The van der Waals surface area contributed by atoms with E-state index in [-0.39, 0.29) is 11.8 Å². The first-order chi connectivity index (χ1) is 10.6. The highest BCUT2D eigenvalue weighted by Crippen LogP contribution is 2.36. The zero-order valence-corrected chi connectivity index (χ0v) is 13.7. The topological polar surface area (TPSA) is 49.9 Å². The average molecular weight is 352 g/mol. The molecule has 9 heteroatoms. The number of rotatable bonds is 4. The standard InChI is InChI=1S/C14H19F3N2O3S/c1-18(2)9-11-10-19(7-8-22-11)12-5-3-4-6-13(12)23(20,21)14(15,16)17/h3-6,11H,7-10H2,1-2H3. The lowest BCUT2D eigenvalue weighted by atomic mass is 10.2. The molecule has 130 valence electrons. The summed E-state index contributed by atoms with van der Waals surface area (Å²) in [6.45, 7) is 1.61. The lowest BCUT2D eigenvalue weighted by Gasteiger charge is -2.36. The third-order valence-electron chi connectivity index (χ3n) is 3.51. The van der Waals surface area contributed by atoms with Gasteiger partial charge in [0.1, 0.15) is 0 Å². The van der Waals surface area contributed by atoms with Gasteiger partial charge >= 0.3 is 5.51 Å². The van der Waals surface area contributed by atoms with Crippen molar-refractivity contribution in [3.05, 3.63) is 24.3 Å². The van der Waals surface area contributed by atoms with Crippen molar-refractivity contribution in [1.82, 2.24) is 4.90 Å². The highest BCUT2D eigenvalue weighted by molar-refractivity contribution is 7.92. The molecule has 1 saturated heterocycles. The van der Waals surface area contributed by atoms with Crippen LogP contribution in [-0.2, 0) is 14.6 Å². The summed E-state index contributed by atoms with van der Waals surface area (Å²) < 4.78 is 67.8. The molecule has 0 spiro atoms. The molecule has 1 fully saturated rings. The molecule has 0 saturated carbocycles. The van der Waals surface area contributed by atoms with Gasteiger partial charge in [0.25, 0.3) is 9.84 Å². The van der Waals surface area contributed by atoms with Crippen LogP contribution in [0.15, 0.2) is 29.2 Å². The zero-order chi connectivity index (χ0) is 17.3. The summed E-state index contributed by atoms with van der Waals surface area (Å²) in [5.41, 5.74) is -5.25. The number of hydrogen-bond donors (Lipinski definition) is 0. The average Bonchev–Trinajstić information content (AvgIpc) is 2.45. The maximum Gasteiger partial charge on any atom is 0.501 e. The Kier molecular flexibility index (Phi) is 5.22. The lowest BCUT2D eigenvalue weighted by molar-refractivity contribution is -0.0435. The van der Waals surface area contributed by atoms with Gasteiger partial charge < -0.3 is 14.5 Å². The second-order valence-electron chi connectivity index (χ2n) is 5.62. The Labute approximate surface area is 133 Å². The molecule has 1 aliphatic rings. The van der Waals surface area contributed by atoms with Crippen molar-refractivity contribution in [1.29, 1.82) is 0 Å². The smallest absolute Gasteiger partial charge is 0.373 e. The minimum atomic E-state index is -5.39. The summed E-state index contributed by atoms with van der Waals surface area (Å²) in [7, 11) is -1.66. The summed E-state index contributed by atoms with van der Waals surface area (Å²) in [5.74, 6) is 0. The van der Waals surface area contributed by atoms with E-state index >= 15 is 0 Å². The van der Waals surface area contributed by atoms with E-state index in [0.29, 0.717) is 26.2 Å². The van der Waals surface area contributed by atoms with Gasteiger partial charge in [0.15, 0.2) is 0 Å². The van der Waals surface area contributed by atoms with Gasteiger partial charge in [0, 0.05) is 19.6 Å². The molecule has 1 aromatic carbocycles. The number of alkyl halides is 3. The third-order valence-corrected chi connectivity index (χ3v) is 5.04. The largest absolute Gasteiger partial charge is 0.501 e. The number of halogens is 3. The Morgan fingerprint density at radius 3 is 2.57 bits per heavy atom. The fourth-order valence-corrected chi connectivity index (χ4v) is 3.51. The van der Waals surface area contributed by atoms with Crippen LogP contribution >= 0.6 is 0 Å². The number of ether oxygens (including phenoxy) is 1. The van der Waals surface area contributed by atoms with Crippen molar-refractivity contribution in [3.8, 4) is 0 Å². The Morgan fingerprint density at radius 1 is 1.30 bits per heavy atom. The van der Waals surface area contributed by atoms with Crippen LogP contribution in [0.4, 0.5) is 18.9 Å². The first-order valence-electron chi connectivity index (χ1n) is 7.04. The quantitative estimate of drug-likeness (QED) is 0.826. The molecule has 0 aromatic heterocycles. The fourth-order valence-electron chi connectivity index (χ4n) is 2.53. The van der Waals surface area contributed by atoms with E-state index in [1.54, 1.807) is 4.90 Å². The lowest BCUT2D eigenvalue weighted by Crippen LogP contribution is -2.47. The molecule has 2 rings (SSSR count). The minimum absolute atomic E-state index is 0.0666. The number of sulfone groups is 1. The number of anilines is 1. The predicted octanol–water partition coefficient (Wildman–Crippen LogP) is 1.75. The van der Waals surface area contributed by atoms with E-state index in [1.165, 1.54) is 18.2 Å². The normalized spacial score (nSPS) is 20.1. The molecule has 1 unspecified atom stereocenters. The first-order valence-corrected chi connectivity index (χ1v) is 8.53. The highest BCUT2D eigenvalue weighted by Gasteiger charge is 2.48. The molecule has 0 bridgehead atoms. The number of nitrogens with zero attached hydrogens (tertiary/aromatic N) is 2. The van der Waals surface area contributed by atoms with Crippen molar-refractivity contribution in [3.63, 3.8) is 0 Å². The van der Waals surface area contributed by atoms with Crippen molar-refractivity contribution in [2.24, 2.45) is 0 Å². The zero-order valence-electron chi connectivity index (χ0n) is 12.9. The van der Waals surface area contributed by atoms with E-state index < -0.39 is 20.2 Å². The molecule has 0 N–H and O–H groups in total. The van der Waals surface area contributed by atoms with Crippen molar-refractivity contribution < 1.29 is 26.3 Å². The molecule has 1 aliphatic heterocycles. The number of para-hydroxylation sites is 1. The van der Waals surface area contributed by atoms with Crippen LogP contribution in [0.3, 0.4) is 0 Å². The van der Waals surface area contributed by atoms with Crippen molar-refractivity contribution in [2.45, 2.75) is 16.5 Å². The van der Waals surface area contributed by atoms with Gasteiger partial charge in [0.2, 0.25) is 0 Å². The highest BCUT2D eigenvalue weighted by atomic mass is 32.2. The first kappa shape index (κ1) is 18.0. The predicted molar refractivity (Wildman–Crippen MR) is 80.2 cm³/mol. The maximum absolute atomic E-state index is 12.9. The van der Waals surface area contributed by atoms with E-state index in [1.807, 2.05) is 19.0 Å². The van der Waals surface area contributed by atoms with Crippen LogP contribution in [0.25, 0.3) is 0 Å². The van der Waals surface area contributed by atoms with Crippen LogP contribution < -0.4 is 4.90 Å². The molecular weight excluding hydrogens is 333 g/mol. The molecular formula is C14H19F3N2O3S. The van der Waals surface area contributed by atoms with Crippen LogP contribution in [0.1, 0.15) is 0 Å². The Morgan fingerprint density at radius 2 is 1.96 bits per heavy atom. The molecule has 1 atom stereocenters. The van der Waals surface area contributed by atoms with Gasteiger partial charge in [0.05, 0.1) is 23.3 Å². The van der Waals surface area contributed by atoms with Crippen molar-refractivity contribution >= 4 is 15.5 Å². The van der Waals surface area contributed by atoms with E-state index in [0.717, 1.165) is 6.07 Å². The van der Waals surface area contributed by atoms with E-state index in [4.69, 9.17) is 4.74 Å². The number of hydrogen-bond acceptors (Lipinski definition) is 5. The van der Waals surface area contributed by atoms with Gasteiger partial charge in [-0.2, -0.15) is 13.2 Å². The van der Waals surface area contributed by atoms with Gasteiger partial charge in [-0.3, -0.25) is 0 Å². The molecule has 23 heavy (non-hydrogen) atoms. The van der Waals surface area contributed by atoms with E-state index in [9.17, 15) is 21.6 Å². The van der Waals surface area contributed by atoms with Gasteiger partial charge in [-0.05, 0) is 26.2 Å². The SMILES string of the molecule is CN(C)CC1CN(c2ccccc2S(=O)(=O)C(F)(F)F)CCO1. The van der Waals surface area contributed by atoms with Crippen molar-refractivity contribution in [2.75, 3.05) is 45.2 Å². The van der Waals surface area contributed by atoms with Crippen LogP contribution in [0, 0.1) is 0 Å². The second-order valence-corrected chi connectivity index (χ2v) is 7.53. The molecule has 0 amide bonds. The number of likely N-dealkylation sites (N-methyl/N-ethyl adjacent to an activating group) is 1. The minimum Gasteiger partial charge on any atom is -0.373 e. The maximum atomic E-state index is 12.9. The molecule has 0 aliphatic carbocycles. The molecule has 5 nitrogen and oxygen atoms in total.